The van der Waals surface area contributed by atoms with Crippen molar-refractivity contribution in [2.75, 3.05) is 13.7 Å². The average Bonchev–Trinajstić information content (AvgIpc) is 2.96. The van der Waals surface area contributed by atoms with E-state index in [1.54, 1.807) is 7.11 Å². The van der Waals surface area contributed by atoms with Crippen LogP contribution in [0.3, 0.4) is 0 Å². The third-order valence-corrected chi connectivity index (χ3v) is 4.19. The number of rotatable bonds is 8. The molecular formula is C15H22N4OS. The smallest absolute Gasteiger partial charge is 0.147 e. The maximum absolute atomic E-state index is 6.14. The molecule has 2 aromatic rings. The van der Waals surface area contributed by atoms with Crippen LogP contribution in [-0.2, 0) is 6.42 Å². The Bertz CT molecular complexity index is 558. The molecule has 1 aromatic carbocycles. The van der Waals surface area contributed by atoms with Crippen molar-refractivity contribution in [2.24, 2.45) is 11.5 Å². The number of unbranched alkanes of at least 4 members (excludes halogenated alkanes) is 1. The van der Waals surface area contributed by atoms with Gasteiger partial charge in [0, 0.05) is 12.0 Å². The molecule has 0 fully saturated rings. The Morgan fingerprint density at radius 1 is 1.29 bits per heavy atom. The van der Waals surface area contributed by atoms with Gasteiger partial charge in [0.2, 0.25) is 0 Å². The molecule has 0 spiro atoms. The quantitative estimate of drug-likeness (QED) is 0.731. The van der Waals surface area contributed by atoms with Gasteiger partial charge in [0.05, 0.1) is 13.2 Å². The van der Waals surface area contributed by atoms with Gasteiger partial charge < -0.3 is 16.2 Å². The number of hydrogen-bond donors (Lipinski definition) is 2. The summed E-state index contributed by atoms with van der Waals surface area (Å²) in [5.74, 6) is 1.66. The standard InChI is InChI=1S/C15H22N4OS/c1-20-13-8-3-2-6-11(13)10-14-18-15(21-19-14)12(17)7-4-5-9-16/h2-3,6,8,12H,4-5,7,9-10,16-17H2,1H3. The van der Waals surface area contributed by atoms with Gasteiger partial charge in [-0.05, 0) is 37.0 Å². The Morgan fingerprint density at radius 3 is 2.86 bits per heavy atom. The van der Waals surface area contributed by atoms with Crippen LogP contribution in [0.2, 0.25) is 0 Å². The minimum atomic E-state index is -0.0412. The topological polar surface area (TPSA) is 87.0 Å². The first-order valence-electron chi connectivity index (χ1n) is 7.14. The summed E-state index contributed by atoms with van der Waals surface area (Å²) in [4.78, 5) is 4.56. The Labute approximate surface area is 129 Å². The number of para-hydroxylation sites is 1. The van der Waals surface area contributed by atoms with Gasteiger partial charge >= 0.3 is 0 Å². The fourth-order valence-corrected chi connectivity index (χ4v) is 2.85. The SMILES string of the molecule is COc1ccccc1Cc1nsc(C(N)CCCCN)n1. The molecule has 1 heterocycles. The summed E-state index contributed by atoms with van der Waals surface area (Å²) >= 11 is 1.39. The molecule has 0 radical (unpaired) electrons. The second-order valence-electron chi connectivity index (χ2n) is 4.93. The van der Waals surface area contributed by atoms with Crippen LogP contribution in [0, 0.1) is 0 Å². The number of methoxy groups -OCH3 is 1. The van der Waals surface area contributed by atoms with Crippen LogP contribution >= 0.6 is 11.5 Å². The molecule has 5 nitrogen and oxygen atoms in total. The van der Waals surface area contributed by atoms with Crippen molar-refractivity contribution in [3.8, 4) is 5.75 Å². The lowest BCUT2D eigenvalue weighted by Gasteiger charge is -2.07. The maximum Gasteiger partial charge on any atom is 0.147 e. The van der Waals surface area contributed by atoms with Gasteiger partial charge in [-0.3, -0.25) is 0 Å². The molecule has 0 saturated carbocycles. The van der Waals surface area contributed by atoms with Crippen LogP contribution in [0.5, 0.6) is 5.75 Å². The summed E-state index contributed by atoms with van der Waals surface area (Å²) in [7, 11) is 1.67. The van der Waals surface area contributed by atoms with Crippen molar-refractivity contribution >= 4 is 11.5 Å². The van der Waals surface area contributed by atoms with E-state index < -0.39 is 0 Å². The second kappa shape index (κ2) is 8.07. The molecule has 0 aliphatic carbocycles. The van der Waals surface area contributed by atoms with Gasteiger partial charge in [-0.15, -0.1) is 0 Å². The number of nitrogens with two attached hydrogens (primary N) is 2. The molecule has 0 aliphatic heterocycles. The summed E-state index contributed by atoms with van der Waals surface area (Å²) in [6.07, 6.45) is 3.59. The molecule has 0 saturated heterocycles. The van der Waals surface area contributed by atoms with Crippen molar-refractivity contribution in [2.45, 2.75) is 31.7 Å². The van der Waals surface area contributed by atoms with Gasteiger partial charge in [0.15, 0.2) is 0 Å². The number of benzene rings is 1. The van der Waals surface area contributed by atoms with Crippen molar-refractivity contribution in [1.29, 1.82) is 0 Å². The van der Waals surface area contributed by atoms with Crippen LogP contribution in [0.1, 0.15) is 41.7 Å². The van der Waals surface area contributed by atoms with Crippen LogP contribution in [0.15, 0.2) is 24.3 Å². The van der Waals surface area contributed by atoms with E-state index in [-0.39, 0.29) is 6.04 Å². The van der Waals surface area contributed by atoms with Crippen molar-refractivity contribution in [1.82, 2.24) is 9.36 Å². The summed E-state index contributed by atoms with van der Waals surface area (Å²) < 4.78 is 9.76. The third kappa shape index (κ3) is 4.49. The monoisotopic (exact) mass is 306 g/mol. The number of nitrogens with zero attached hydrogens (tertiary/aromatic N) is 2. The molecule has 114 valence electrons. The molecule has 4 N–H and O–H groups in total. The largest absolute Gasteiger partial charge is 0.496 e. The Balaban J connectivity index is 1.99. The fourth-order valence-electron chi connectivity index (χ4n) is 2.14. The lowest BCUT2D eigenvalue weighted by atomic mass is 10.1. The van der Waals surface area contributed by atoms with E-state index >= 15 is 0 Å². The number of ether oxygens (including phenoxy) is 1. The summed E-state index contributed by atoms with van der Waals surface area (Å²) in [5, 5.41) is 0.900. The van der Waals surface area contributed by atoms with Gasteiger partial charge in [-0.2, -0.15) is 4.37 Å². The fraction of sp³-hybridized carbons (Fsp3) is 0.467. The maximum atomic E-state index is 6.14. The van der Waals surface area contributed by atoms with E-state index in [4.69, 9.17) is 16.2 Å². The van der Waals surface area contributed by atoms with E-state index in [2.05, 4.69) is 9.36 Å². The zero-order valence-electron chi connectivity index (χ0n) is 12.3. The van der Waals surface area contributed by atoms with Gasteiger partial charge in [0.1, 0.15) is 16.6 Å². The number of aromatic nitrogens is 2. The summed E-state index contributed by atoms with van der Waals surface area (Å²) in [6, 6.07) is 7.88. The first kappa shape index (κ1) is 15.9. The molecule has 0 aliphatic rings. The highest BCUT2D eigenvalue weighted by Crippen LogP contribution is 2.23. The molecule has 0 bridgehead atoms. The van der Waals surface area contributed by atoms with Gasteiger partial charge in [-0.25, -0.2) is 4.98 Å². The van der Waals surface area contributed by atoms with E-state index in [9.17, 15) is 0 Å². The number of hydrogen-bond acceptors (Lipinski definition) is 6. The predicted molar refractivity (Wildman–Crippen MR) is 85.5 cm³/mol. The van der Waals surface area contributed by atoms with Crippen LogP contribution in [-0.4, -0.2) is 23.0 Å². The van der Waals surface area contributed by atoms with Crippen LogP contribution in [0.4, 0.5) is 0 Å². The highest BCUT2D eigenvalue weighted by molar-refractivity contribution is 7.05. The predicted octanol–water partition coefficient (Wildman–Crippen LogP) is 2.27. The highest BCUT2D eigenvalue weighted by Gasteiger charge is 2.13. The first-order valence-corrected chi connectivity index (χ1v) is 7.92. The van der Waals surface area contributed by atoms with Gasteiger partial charge in [-0.1, -0.05) is 24.6 Å². The molecule has 0 amide bonds. The second-order valence-corrected chi connectivity index (χ2v) is 5.71. The Hall–Kier alpha value is -1.50. The zero-order chi connectivity index (χ0) is 15.1. The Kier molecular flexibility index (Phi) is 6.10. The van der Waals surface area contributed by atoms with E-state index in [1.165, 1.54) is 11.5 Å². The molecule has 21 heavy (non-hydrogen) atoms. The molecule has 1 atom stereocenters. The third-order valence-electron chi connectivity index (χ3n) is 3.31. The van der Waals surface area contributed by atoms with E-state index in [1.807, 2.05) is 24.3 Å². The van der Waals surface area contributed by atoms with Crippen molar-refractivity contribution in [3.63, 3.8) is 0 Å². The Morgan fingerprint density at radius 2 is 2.10 bits per heavy atom. The summed E-state index contributed by atoms with van der Waals surface area (Å²) in [5.41, 5.74) is 12.7. The van der Waals surface area contributed by atoms with E-state index in [0.717, 1.165) is 41.4 Å². The molecule has 1 aromatic heterocycles. The lowest BCUT2D eigenvalue weighted by Crippen LogP contribution is -2.11. The average molecular weight is 306 g/mol. The minimum Gasteiger partial charge on any atom is -0.496 e. The van der Waals surface area contributed by atoms with Crippen molar-refractivity contribution < 1.29 is 4.74 Å². The minimum absolute atomic E-state index is 0.0412. The molecule has 6 heteroatoms. The first-order chi connectivity index (χ1) is 10.2. The summed E-state index contributed by atoms with van der Waals surface area (Å²) in [6.45, 7) is 0.710. The zero-order valence-corrected chi connectivity index (χ0v) is 13.1. The normalized spacial score (nSPS) is 12.3. The molecule has 1 unspecified atom stereocenters. The van der Waals surface area contributed by atoms with E-state index in [0.29, 0.717) is 13.0 Å². The highest BCUT2D eigenvalue weighted by atomic mass is 32.1. The lowest BCUT2D eigenvalue weighted by molar-refractivity contribution is 0.410. The van der Waals surface area contributed by atoms with Crippen LogP contribution < -0.4 is 16.2 Å². The molecule has 2 rings (SSSR count). The van der Waals surface area contributed by atoms with Crippen LogP contribution in [0.25, 0.3) is 0 Å². The molecular weight excluding hydrogens is 284 g/mol. The van der Waals surface area contributed by atoms with Crippen molar-refractivity contribution in [3.05, 3.63) is 40.7 Å². The van der Waals surface area contributed by atoms with Gasteiger partial charge in [0.25, 0.3) is 0 Å².